The van der Waals surface area contributed by atoms with Crippen molar-refractivity contribution in [2.75, 3.05) is 40.6 Å². The van der Waals surface area contributed by atoms with Gasteiger partial charge < -0.3 is 29.2 Å². The van der Waals surface area contributed by atoms with Gasteiger partial charge in [0.05, 0.1) is 20.1 Å². The van der Waals surface area contributed by atoms with Crippen LogP contribution in [0.5, 0.6) is 23.0 Å². The molecular weight excluding hydrogens is 424 g/mol. The molecule has 2 unspecified atom stereocenters. The first-order valence-electron chi connectivity index (χ1n) is 11.1. The molecule has 0 aromatic heterocycles. The highest BCUT2D eigenvalue weighted by molar-refractivity contribution is 5.96. The summed E-state index contributed by atoms with van der Waals surface area (Å²) in [5, 5.41) is 3.04. The maximum absolute atomic E-state index is 13.4. The van der Waals surface area contributed by atoms with Gasteiger partial charge in [-0.2, -0.15) is 0 Å². The first-order chi connectivity index (χ1) is 15.9. The van der Waals surface area contributed by atoms with Crippen molar-refractivity contribution in [3.05, 3.63) is 47.5 Å². The summed E-state index contributed by atoms with van der Waals surface area (Å²) in [5.41, 5.74) is 1.35. The lowest BCUT2D eigenvalue weighted by molar-refractivity contribution is -0.125. The number of hydrogen-bond acceptors (Lipinski definition) is 6. The third-order valence-corrected chi connectivity index (χ3v) is 6.08. The average molecular weight is 455 g/mol. The predicted octanol–water partition coefficient (Wildman–Crippen LogP) is 3.06. The van der Waals surface area contributed by atoms with E-state index in [9.17, 15) is 9.59 Å². The molecule has 8 heteroatoms. The van der Waals surface area contributed by atoms with Crippen LogP contribution in [0.15, 0.2) is 36.4 Å². The zero-order valence-corrected chi connectivity index (χ0v) is 19.4. The molecule has 2 aromatic rings. The summed E-state index contributed by atoms with van der Waals surface area (Å²) in [4.78, 5) is 28.3. The summed E-state index contributed by atoms with van der Waals surface area (Å²) in [6.07, 6.45) is 0. The molecule has 1 saturated heterocycles. The Bertz CT molecular complexity index is 1040. The van der Waals surface area contributed by atoms with Crippen LogP contribution in [0.4, 0.5) is 0 Å². The first kappa shape index (κ1) is 22.8. The van der Waals surface area contributed by atoms with Gasteiger partial charge in [-0.15, -0.1) is 0 Å². The zero-order chi connectivity index (χ0) is 23.5. The molecule has 8 nitrogen and oxygen atoms in total. The third kappa shape index (κ3) is 4.69. The van der Waals surface area contributed by atoms with Crippen molar-refractivity contribution >= 4 is 11.8 Å². The minimum Gasteiger partial charge on any atom is -0.497 e. The molecule has 1 N–H and O–H groups in total. The predicted molar refractivity (Wildman–Crippen MR) is 122 cm³/mol. The molecule has 1 fully saturated rings. The Hall–Kier alpha value is -3.42. The van der Waals surface area contributed by atoms with Crippen molar-refractivity contribution in [3.63, 3.8) is 0 Å². The highest BCUT2D eigenvalue weighted by Crippen LogP contribution is 2.40. The van der Waals surface area contributed by atoms with Crippen LogP contribution in [-0.4, -0.2) is 57.4 Å². The van der Waals surface area contributed by atoms with E-state index in [1.807, 2.05) is 32.0 Å². The van der Waals surface area contributed by atoms with Crippen LogP contribution in [-0.2, 0) is 4.79 Å². The topological polar surface area (TPSA) is 86.3 Å². The minimum atomic E-state index is -0.414. The lowest BCUT2D eigenvalue weighted by atomic mass is 9.87. The molecule has 2 aliphatic heterocycles. The Balaban J connectivity index is 1.64. The number of rotatable bonds is 7. The normalized spacial score (nSPS) is 19.0. The molecule has 176 valence electrons. The van der Waals surface area contributed by atoms with Gasteiger partial charge in [0.15, 0.2) is 11.5 Å². The third-order valence-electron chi connectivity index (χ3n) is 6.08. The van der Waals surface area contributed by atoms with Crippen LogP contribution in [0.1, 0.15) is 35.7 Å². The second-order valence-electron chi connectivity index (χ2n) is 8.74. The molecule has 0 saturated carbocycles. The second-order valence-corrected chi connectivity index (χ2v) is 8.74. The Kier molecular flexibility index (Phi) is 6.62. The molecule has 2 aliphatic rings. The lowest BCUT2D eigenvalue weighted by Gasteiger charge is -2.21. The van der Waals surface area contributed by atoms with E-state index >= 15 is 0 Å². The minimum absolute atomic E-state index is 0.0699. The maximum atomic E-state index is 13.4. The van der Waals surface area contributed by atoms with E-state index in [1.54, 1.807) is 37.3 Å². The number of carbonyl (C=O) groups is 2. The molecule has 33 heavy (non-hydrogen) atoms. The summed E-state index contributed by atoms with van der Waals surface area (Å²) < 4.78 is 21.8. The summed E-state index contributed by atoms with van der Waals surface area (Å²) >= 11 is 0. The highest BCUT2D eigenvalue weighted by atomic mass is 16.7. The van der Waals surface area contributed by atoms with Gasteiger partial charge in [-0.1, -0.05) is 13.8 Å². The SMILES string of the molecule is COc1ccc(OC)c(C2CN(C(=O)c3ccc4c(c3)OCO4)CC2C(=O)NCC(C)C)c1. The van der Waals surface area contributed by atoms with Gasteiger partial charge >= 0.3 is 0 Å². The monoisotopic (exact) mass is 454 g/mol. The Morgan fingerprint density at radius 2 is 1.85 bits per heavy atom. The quantitative estimate of drug-likeness (QED) is 0.692. The summed E-state index contributed by atoms with van der Waals surface area (Å²) in [7, 11) is 3.20. The smallest absolute Gasteiger partial charge is 0.254 e. The van der Waals surface area contributed by atoms with Gasteiger partial charge in [-0.25, -0.2) is 0 Å². The molecule has 0 aliphatic carbocycles. The Labute approximate surface area is 193 Å². The molecular formula is C25H30N2O6. The van der Waals surface area contributed by atoms with Crippen molar-refractivity contribution < 1.29 is 28.5 Å². The van der Waals surface area contributed by atoms with Crippen molar-refractivity contribution in [1.82, 2.24) is 10.2 Å². The first-order valence-corrected chi connectivity index (χ1v) is 11.1. The zero-order valence-electron chi connectivity index (χ0n) is 19.4. The molecule has 2 heterocycles. The fourth-order valence-electron chi connectivity index (χ4n) is 4.33. The fraction of sp³-hybridized carbons (Fsp3) is 0.440. The van der Waals surface area contributed by atoms with E-state index in [0.29, 0.717) is 54.1 Å². The largest absolute Gasteiger partial charge is 0.497 e. The maximum Gasteiger partial charge on any atom is 0.254 e. The number of ether oxygens (including phenoxy) is 4. The summed E-state index contributed by atoms with van der Waals surface area (Å²) in [6, 6.07) is 10.7. The van der Waals surface area contributed by atoms with Gasteiger partial charge in [-0.05, 0) is 42.3 Å². The van der Waals surface area contributed by atoms with E-state index in [2.05, 4.69) is 5.32 Å². The van der Waals surface area contributed by atoms with Crippen LogP contribution in [0.3, 0.4) is 0 Å². The van der Waals surface area contributed by atoms with Crippen molar-refractivity contribution in [3.8, 4) is 23.0 Å². The number of fused-ring (bicyclic) bond motifs is 1. The molecule has 0 radical (unpaired) electrons. The van der Waals surface area contributed by atoms with Gasteiger partial charge in [-0.3, -0.25) is 9.59 Å². The lowest BCUT2D eigenvalue weighted by Crippen LogP contribution is -2.37. The van der Waals surface area contributed by atoms with Crippen molar-refractivity contribution in [2.24, 2.45) is 11.8 Å². The Morgan fingerprint density at radius 1 is 1.06 bits per heavy atom. The van der Waals surface area contributed by atoms with Gasteiger partial charge in [0.25, 0.3) is 5.91 Å². The Morgan fingerprint density at radius 3 is 2.58 bits per heavy atom. The van der Waals surface area contributed by atoms with E-state index in [0.717, 1.165) is 5.56 Å². The van der Waals surface area contributed by atoms with E-state index in [4.69, 9.17) is 18.9 Å². The molecule has 2 amide bonds. The molecule has 0 spiro atoms. The number of hydrogen-bond donors (Lipinski definition) is 1. The molecule has 2 atom stereocenters. The van der Waals surface area contributed by atoms with Crippen LogP contribution in [0, 0.1) is 11.8 Å². The van der Waals surface area contributed by atoms with Gasteiger partial charge in [0, 0.05) is 36.7 Å². The van der Waals surface area contributed by atoms with E-state index in [-0.39, 0.29) is 24.5 Å². The van der Waals surface area contributed by atoms with Crippen LogP contribution in [0.2, 0.25) is 0 Å². The molecule has 0 bridgehead atoms. The van der Waals surface area contributed by atoms with Crippen molar-refractivity contribution in [1.29, 1.82) is 0 Å². The van der Waals surface area contributed by atoms with E-state index in [1.165, 1.54) is 0 Å². The van der Waals surface area contributed by atoms with Crippen LogP contribution >= 0.6 is 0 Å². The number of methoxy groups -OCH3 is 2. The summed E-state index contributed by atoms with van der Waals surface area (Å²) in [6.45, 7) is 5.51. The van der Waals surface area contributed by atoms with Crippen LogP contribution in [0.25, 0.3) is 0 Å². The number of benzene rings is 2. The molecule has 2 aromatic carbocycles. The number of nitrogens with zero attached hydrogens (tertiary/aromatic N) is 1. The highest BCUT2D eigenvalue weighted by Gasteiger charge is 2.42. The van der Waals surface area contributed by atoms with Gasteiger partial charge in [0.1, 0.15) is 11.5 Å². The van der Waals surface area contributed by atoms with Crippen LogP contribution < -0.4 is 24.3 Å². The van der Waals surface area contributed by atoms with Crippen molar-refractivity contribution in [2.45, 2.75) is 19.8 Å². The summed E-state index contributed by atoms with van der Waals surface area (Å²) in [5.74, 6) is 1.97. The standard InChI is InChI=1S/C25H30N2O6/c1-15(2)11-26-24(28)20-13-27(25(29)16-5-7-22-23(9-16)33-14-32-22)12-19(20)18-10-17(30-3)6-8-21(18)31-4/h5-10,15,19-20H,11-14H2,1-4H3,(H,26,28). The number of nitrogens with one attached hydrogen (secondary N) is 1. The number of carbonyl (C=O) groups excluding carboxylic acids is 2. The fourth-order valence-corrected chi connectivity index (χ4v) is 4.33. The number of likely N-dealkylation sites (tertiary alicyclic amines) is 1. The second kappa shape index (κ2) is 9.60. The molecule has 4 rings (SSSR count). The van der Waals surface area contributed by atoms with Gasteiger partial charge in [0.2, 0.25) is 12.7 Å². The number of amides is 2. The average Bonchev–Trinajstić information content (AvgIpc) is 3.48. The van der Waals surface area contributed by atoms with E-state index < -0.39 is 5.92 Å².